The molecule has 1 N–H and O–H groups in total. The molecule has 0 amide bonds. The summed E-state index contributed by atoms with van der Waals surface area (Å²) in [5, 5.41) is 10.6. The molecular weight excluding hydrogens is 265 g/mol. The minimum Gasteiger partial charge on any atom is -0.379 e. The number of aliphatic hydroxyl groups excluding tert-OH is 1. The Morgan fingerprint density at radius 1 is 1.00 bits per heavy atom. The van der Waals surface area contributed by atoms with Crippen molar-refractivity contribution in [1.82, 2.24) is 0 Å². The lowest BCUT2D eigenvalue weighted by Crippen LogP contribution is -2.20. The van der Waals surface area contributed by atoms with Gasteiger partial charge in [-0.15, -0.1) is 0 Å². The van der Waals surface area contributed by atoms with E-state index in [1.54, 1.807) is 18.2 Å². The van der Waals surface area contributed by atoms with Gasteiger partial charge < -0.3 is 5.11 Å². The molecule has 0 saturated carbocycles. The Bertz CT molecular complexity index is 624. The van der Waals surface area contributed by atoms with Gasteiger partial charge in [0.05, 0.1) is 0 Å². The van der Waals surface area contributed by atoms with Crippen molar-refractivity contribution in [2.45, 2.75) is 38.5 Å². The lowest BCUT2D eigenvalue weighted by atomic mass is 9.85. The number of rotatable bonds is 1. The molecule has 1 atom stereocenters. The van der Waals surface area contributed by atoms with Crippen LogP contribution in [0.15, 0.2) is 36.4 Å². The first-order valence-corrected chi connectivity index (χ1v) is 6.38. The zero-order valence-electron chi connectivity index (χ0n) is 11.6. The van der Waals surface area contributed by atoms with E-state index in [2.05, 4.69) is 0 Å². The van der Waals surface area contributed by atoms with Crippen LogP contribution in [0.25, 0.3) is 10.8 Å². The molecule has 20 heavy (non-hydrogen) atoms. The van der Waals surface area contributed by atoms with Crippen molar-refractivity contribution < 1.29 is 18.3 Å². The molecule has 0 heterocycles. The third-order valence-corrected chi connectivity index (χ3v) is 3.38. The standard InChI is InChI=1S/C16H17F3O/c1-15(2,3)11-7-8-12-10(9-11)5-4-6-13(12)14(20)16(17,18)19/h4-9,14,20H,1-3H3. The Morgan fingerprint density at radius 3 is 2.20 bits per heavy atom. The predicted molar refractivity (Wildman–Crippen MR) is 73.7 cm³/mol. The molecule has 0 fully saturated rings. The lowest BCUT2D eigenvalue weighted by molar-refractivity contribution is -0.206. The number of aliphatic hydroxyl groups is 1. The SMILES string of the molecule is CC(C)(C)c1ccc2c(C(O)C(F)(F)F)cccc2c1. The van der Waals surface area contributed by atoms with Crippen LogP contribution in [0, 0.1) is 0 Å². The Labute approximate surface area is 116 Å². The molecule has 2 rings (SSSR count). The normalized spacial score (nSPS) is 14.6. The van der Waals surface area contributed by atoms with Crippen molar-refractivity contribution in [2.75, 3.05) is 0 Å². The van der Waals surface area contributed by atoms with Gasteiger partial charge in [0.1, 0.15) is 0 Å². The molecule has 0 aliphatic heterocycles. The molecule has 0 aliphatic rings. The molecule has 0 aliphatic carbocycles. The van der Waals surface area contributed by atoms with Crippen LogP contribution in [-0.4, -0.2) is 11.3 Å². The maximum atomic E-state index is 12.7. The van der Waals surface area contributed by atoms with Gasteiger partial charge in [-0.2, -0.15) is 13.2 Å². The van der Waals surface area contributed by atoms with Crippen molar-refractivity contribution in [1.29, 1.82) is 0 Å². The zero-order chi connectivity index (χ0) is 15.1. The van der Waals surface area contributed by atoms with Crippen molar-refractivity contribution in [3.63, 3.8) is 0 Å². The van der Waals surface area contributed by atoms with Gasteiger partial charge in [-0.25, -0.2) is 0 Å². The highest BCUT2D eigenvalue weighted by Gasteiger charge is 2.40. The Morgan fingerprint density at radius 2 is 1.65 bits per heavy atom. The quantitative estimate of drug-likeness (QED) is 0.801. The maximum absolute atomic E-state index is 12.7. The van der Waals surface area contributed by atoms with Crippen LogP contribution >= 0.6 is 0 Å². The summed E-state index contributed by atoms with van der Waals surface area (Å²) in [4.78, 5) is 0. The average molecular weight is 282 g/mol. The van der Waals surface area contributed by atoms with Crippen LogP contribution < -0.4 is 0 Å². The molecule has 4 heteroatoms. The molecular formula is C16H17F3O. The fourth-order valence-corrected chi connectivity index (χ4v) is 2.19. The lowest BCUT2D eigenvalue weighted by Gasteiger charge is -2.21. The Hall–Kier alpha value is -1.55. The minimum atomic E-state index is -4.66. The summed E-state index contributed by atoms with van der Waals surface area (Å²) < 4.78 is 38.0. The van der Waals surface area contributed by atoms with E-state index in [9.17, 15) is 18.3 Å². The van der Waals surface area contributed by atoms with Gasteiger partial charge >= 0.3 is 6.18 Å². The summed E-state index contributed by atoms with van der Waals surface area (Å²) in [6, 6.07) is 9.96. The van der Waals surface area contributed by atoms with E-state index in [-0.39, 0.29) is 11.0 Å². The molecule has 0 aromatic heterocycles. The number of alkyl halides is 3. The second-order valence-corrected chi connectivity index (χ2v) is 5.98. The van der Waals surface area contributed by atoms with E-state index >= 15 is 0 Å². The topological polar surface area (TPSA) is 20.2 Å². The molecule has 2 aromatic carbocycles. The summed E-state index contributed by atoms with van der Waals surface area (Å²) >= 11 is 0. The van der Waals surface area contributed by atoms with Gasteiger partial charge in [0.25, 0.3) is 0 Å². The van der Waals surface area contributed by atoms with Crippen molar-refractivity contribution in [3.05, 3.63) is 47.5 Å². The molecule has 2 aromatic rings. The number of halogens is 3. The number of hydrogen-bond donors (Lipinski definition) is 1. The van der Waals surface area contributed by atoms with Crippen LogP contribution in [0.1, 0.15) is 38.0 Å². The predicted octanol–water partition coefficient (Wildman–Crippen LogP) is 4.73. The fraction of sp³-hybridized carbons (Fsp3) is 0.375. The smallest absolute Gasteiger partial charge is 0.379 e. The van der Waals surface area contributed by atoms with E-state index in [1.165, 1.54) is 6.07 Å². The van der Waals surface area contributed by atoms with Crippen molar-refractivity contribution in [2.24, 2.45) is 0 Å². The number of benzene rings is 2. The second-order valence-electron chi connectivity index (χ2n) is 5.98. The highest BCUT2D eigenvalue weighted by molar-refractivity contribution is 5.87. The minimum absolute atomic E-state index is 0.0765. The van der Waals surface area contributed by atoms with Crippen molar-refractivity contribution >= 4 is 10.8 Å². The summed E-state index contributed by atoms with van der Waals surface area (Å²) in [6.45, 7) is 6.13. The highest BCUT2D eigenvalue weighted by atomic mass is 19.4. The van der Waals surface area contributed by atoms with E-state index < -0.39 is 12.3 Å². The number of fused-ring (bicyclic) bond motifs is 1. The average Bonchev–Trinajstić information content (AvgIpc) is 2.34. The first kappa shape index (κ1) is 14.9. The molecule has 0 bridgehead atoms. The van der Waals surface area contributed by atoms with Gasteiger partial charge in [0.2, 0.25) is 0 Å². The zero-order valence-corrected chi connectivity index (χ0v) is 11.6. The van der Waals surface area contributed by atoms with E-state index in [0.717, 1.165) is 5.56 Å². The first-order chi connectivity index (χ1) is 9.10. The largest absolute Gasteiger partial charge is 0.418 e. The van der Waals surface area contributed by atoms with Gasteiger partial charge in [0.15, 0.2) is 6.10 Å². The highest BCUT2D eigenvalue weighted by Crippen LogP contribution is 2.37. The third-order valence-electron chi connectivity index (χ3n) is 3.38. The summed E-state index contributed by atoms with van der Waals surface area (Å²) in [5.74, 6) is 0. The van der Waals surface area contributed by atoms with E-state index in [1.807, 2.05) is 32.9 Å². The Balaban J connectivity index is 2.60. The molecule has 0 spiro atoms. The summed E-state index contributed by atoms with van der Waals surface area (Å²) in [7, 11) is 0. The van der Waals surface area contributed by atoms with Crippen LogP contribution in [0.3, 0.4) is 0 Å². The molecule has 1 nitrogen and oxygen atoms in total. The Kier molecular flexibility index (Phi) is 3.54. The summed E-state index contributed by atoms with van der Waals surface area (Å²) in [6.07, 6.45) is -7.11. The van der Waals surface area contributed by atoms with Crippen molar-refractivity contribution in [3.8, 4) is 0 Å². The van der Waals surface area contributed by atoms with Crippen LogP contribution in [0.4, 0.5) is 13.2 Å². The van der Waals surface area contributed by atoms with Crippen LogP contribution in [-0.2, 0) is 5.41 Å². The van der Waals surface area contributed by atoms with E-state index in [4.69, 9.17) is 0 Å². The van der Waals surface area contributed by atoms with Gasteiger partial charge in [-0.1, -0.05) is 57.2 Å². The van der Waals surface area contributed by atoms with E-state index in [0.29, 0.717) is 10.8 Å². The first-order valence-electron chi connectivity index (χ1n) is 6.38. The molecule has 0 radical (unpaired) electrons. The van der Waals surface area contributed by atoms with Gasteiger partial charge in [0, 0.05) is 0 Å². The van der Waals surface area contributed by atoms with Crippen LogP contribution in [0.5, 0.6) is 0 Å². The van der Waals surface area contributed by atoms with Crippen LogP contribution in [0.2, 0.25) is 0 Å². The molecule has 108 valence electrons. The van der Waals surface area contributed by atoms with Gasteiger partial charge in [-0.05, 0) is 27.3 Å². The van der Waals surface area contributed by atoms with Gasteiger partial charge in [-0.3, -0.25) is 0 Å². The third kappa shape index (κ3) is 2.80. The monoisotopic (exact) mass is 282 g/mol. The fourth-order valence-electron chi connectivity index (χ4n) is 2.19. The molecule has 0 saturated heterocycles. The number of hydrogen-bond acceptors (Lipinski definition) is 1. The summed E-state index contributed by atoms with van der Waals surface area (Å²) in [5.41, 5.74) is 0.867. The molecule has 1 unspecified atom stereocenters. The second kappa shape index (κ2) is 4.77. The maximum Gasteiger partial charge on any atom is 0.418 e.